The largest absolute Gasteiger partial charge is 0.496 e. The SMILES string of the molecule is CCOc1cccc(-c2n[nH]c(=S)n2/N=C\C=C\c2ccccc2OC)c1. The third-order valence-electron chi connectivity index (χ3n) is 3.74. The minimum absolute atomic E-state index is 0.411. The first-order valence-electron chi connectivity index (χ1n) is 8.47. The van der Waals surface area contributed by atoms with Crippen molar-refractivity contribution in [1.29, 1.82) is 0 Å². The van der Waals surface area contributed by atoms with Gasteiger partial charge in [0.05, 0.1) is 13.7 Å². The number of aromatic nitrogens is 3. The molecule has 3 rings (SSSR count). The van der Waals surface area contributed by atoms with Crippen molar-refractivity contribution in [2.45, 2.75) is 6.92 Å². The topological polar surface area (TPSA) is 64.4 Å². The van der Waals surface area contributed by atoms with E-state index in [9.17, 15) is 0 Å². The predicted octanol–water partition coefficient (Wildman–Crippen LogP) is 4.56. The van der Waals surface area contributed by atoms with Gasteiger partial charge in [-0.2, -0.15) is 14.9 Å². The number of H-pyrrole nitrogens is 1. The van der Waals surface area contributed by atoms with Gasteiger partial charge in [-0.3, -0.25) is 0 Å². The maximum absolute atomic E-state index is 5.55. The molecule has 7 heteroatoms. The maximum atomic E-state index is 5.55. The molecule has 6 nitrogen and oxygen atoms in total. The summed E-state index contributed by atoms with van der Waals surface area (Å²) in [6, 6.07) is 15.4. The van der Waals surface area contributed by atoms with Crippen LogP contribution in [0.1, 0.15) is 12.5 Å². The molecule has 3 aromatic rings. The smallest absolute Gasteiger partial charge is 0.216 e. The Kier molecular flexibility index (Phi) is 6.17. The second-order valence-corrected chi connectivity index (χ2v) is 5.88. The summed E-state index contributed by atoms with van der Waals surface area (Å²) in [5, 5.41) is 11.5. The highest BCUT2D eigenvalue weighted by atomic mass is 32.1. The average molecular weight is 380 g/mol. The summed E-state index contributed by atoms with van der Waals surface area (Å²) < 4.78 is 12.9. The van der Waals surface area contributed by atoms with Gasteiger partial charge in [-0.1, -0.05) is 30.3 Å². The molecule has 0 saturated carbocycles. The van der Waals surface area contributed by atoms with Crippen molar-refractivity contribution in [3.63, 3.8) is 0 Å². The molecule has 0 saturated heterocycles. The molecule has 0 unspecified atom stereocenters. The highest BCUT2D eigenvalue weighted by Crippen LogP contribution is 2.22. The van der Waals surface area contributed by atoms with Crippen molar-refractivity contribution in [3.05, 3.63) is 64.9 Å². The summed E-state index contributed by atoms with van der Waals surface area (Å²) >= 11 is 5.30. The highest BCUT2D eigenvalue weighted by Gasteiger charge is 2.08. The summed E-state index contributed by atoms with van der Waals surface area (Å²) in [5.41, 5.74) is 1.83. The molecule has 1 aromatic heterocycles. The zero-order valence-electron chi connectivity index (χ0n) is 15.1. The summed E-state index contributed by atoms with van der Waals surface area (Å²) in [7, 11) is 1.65. The first-order chi connectivity index (χ1) is 13.2. The van der Waals surface area contributed by atoms with Crippen molar-refractivity contribution in [1.82, 2.24) is 14.9 Å². The number of nitrogens with one attached hydrogen (secondary N) is 1. The first kappa shape index (κ1) is 18.6. The molecule has 0 amide bonds. The number of nitrogens with zero attached hydrogens (tertiary/aromatic N) is 3. The third-order valence-corrected chi connectivity index (χ3v) is 4.00. The summed E-state index contributed by atoms with van der Waals surface area (Å²) in [5.74, 6) is 2.19. The van der Waals surface area contributed by atoms with E-state index in [1.165, 1.54) is 0 Å². The molecule has 0 spiro atoms. The standard InChI is InChI=1S/C20H20N4O2S/c1-3-26-17-11-6-9-16(14-17)19-22-23-20(27)24(19)21-13-7-10-15-8-4-5-12-18(15)25-2/h4-14H,3H2,1-2H3,(H,23,27)/b10-7+,21-13-. The Morgan fingerprint density at radius 2 is 2.07 bits per heavy atom. The zero-order valence-corrected chi connectivity index (χ0v) is 15.9. The van der Waals surface area contributed by atoms with E-state index in [4.69, 9.17) is 21.7 Å². The summed E-state index contributed by atoms with van der Waals surface area (Å²) in [6.07, 6.45) is 5.40. The lowest BCUT2D eigenvalue weighted by atomic mass is 10.2. The Bertz CT molecular complexity index is 1020. The van der Waals surface area contributed by atoms with Crippen LogP contribution in [0.4, 0.5) is 0 Å². The minimum atomic E-state index is 0.411. The molecule has 0 aliphatic carbocycles. The van der Waals surface area contributed by atoms with E-state index in [2.05, 4.69) is 15.3 Å². The summed E-state index contributed by atoms with van der Waals surface area (Å²) in [6.45, 7) is 2.54. The predicted molar refractivity (Wildman–Crippen MR) is 110 cm³/mol. The van der Waals surface area contributed by atoms with Gasteiger partial charge in [-0.25, -0.2) is 5.10 Å². The van der Waals surface area contributed by atoms with E-state index in [-0.39, 0.29) is 0 Å². The lowest BCUT2D eigenvalue weighted by molar-refractivity contribution is 0.340. The van der Waals surface area contributed by atoms with Crippen LogP contribution in [-0.4, -0.2) is 34.8 Å². The number of benzene rings is 2. The van der Waals surface area contributed by atoms with Crippen molar-refractivity contribution in [2.24, 2.45) is 5.10 Å². The minimum Gasteiger partial charge on any atom is -0.496 e. The first-order valence-corrected chi connectivity index (χ1v) is 8.88. The summed E-state index contributed by atoms with van der Waals surface area (Å²) in [4.78, 5) is 0. The number of methoxy groups -OCH3 is 1. The molecule has 1 heterocycles. The lowest BCUT2D eigenvalue weighted by Crippen LogP contribution is -1.95. The van der Waals surface area contributed by atoms with E-state index in [1.54, 1.807) is 18.0 Å². The van der Waals surface area contributed by atoms with Gasteiger partial charge in [0, 0.05) is 17.3 Å². The van der Waals surface area contributed by atoms with Crippen LogP contribution in [0.25, 0.3) is 17.5 Å². The van der Waals surface area contributed by atoms with Crippen molar-refractivity contribution in [2.75, 3.05) is 13.7 Å². The zero-order chi connectivity index (χ0) is 19.1. The molecule has 138 valence electrons. The Balaban J connectivity index is 1.85. The van der Waals surface area contributed by atoms with Gasteiger partial charge >= 0.3 is 0 Å². The van der Waals surface area contributed by atoms with E-state index < -0.39 is 0 Å². The Labute approximate surface area is 162 Å². The second kappa shape index (κ2) is 8.95. The van der Waals surface area contributed by atoms with Crippen LogP contribution in [0.5, 0.6) is 11.5 Å². The molecule has 0 bridgehead atoms. The fourth-order valence-corrected chi connectivity index (χ4v) is 2.71. The van der Waals surface area contributed by atoms with Gasteiger partial charge in [0.2, 0.25) is 4.77 Å². The van der Waals surface area contributed by atoms with Crippen LogP contribution in [0.2, 0.25) is 0 Å². The molecule has 0 fully saturated rings. The molecule has 2 aromatic carbocycles. The molecule has 0 atom stereocenters. The molecular formula is C20H20N4O2S. The molecule has 0 aliphatic heterocycles. The lowest BCUT2D eigenvalue weighted by Gasteiger charge is -2.05. The molecule has 27 heavy (non-hydrogen) atoms. The fourth-order valence-electron chi connectivity index (χ4n) is 2.53. The molecule has 0 radical (unpaired) electrons. The Hall–Kier alpha value is -3.19. The highest BCUT2D eigenvalue weighted by molar-refractivity contribution is 7.71. The fraction of sp³-hybridized carbons (Fsp3) is 0.150. The number of ether oxygens (including phenoxy) is 2. The Morgan fingerprint density at radius 3 is 2.89 bits per heavy atom. The van der Waals surface area contributed by atoms with Crippen LogP contribution in [0.3, 0.4) is 0 Å². The second-order valence-electron chi connectivity index (χ2n) is 5.49. The monoisotopic (exact) mass is 380 g/mol. The van der Waals surface area contributed by atoms with Crippen LogP contribution in [0, 0.1) is 4.77 Å². The molecule has 0 aliphatic rings. The van der Waals surface area contributed by atoms with Gasteiger partial charge in [0.25, 0.3) is 0 Å². The van der Waals surface area contributed by atoms with Gasteiger partial charge in [-0.05, 0) is 49.5 Å². The van der Waals surface area contributed by atoms with Crippen LogP contribution in [-0.2, 0) is 0 Å². The Morgan fingerprint density at radius 1 is 1.22 bits per heavy atom. The number of allylic oxidation sites excluding steroid dienone is 1. The quantitative estimate of drug-likeness (QED) is 0.482. The van der Waals surface area contributed by atoms with Crippen molar-refractivity contribution in [3.8, 4) is 22.9 Å². The number of aromatic amines is 1. The van der Waals surface area contributed by atoms with Crippen LogP contribution < -0.4 is 9.47 Å². The normalized spacial score (nSPS) is 11.3. The van der Waals surface area contributed by atoms with Gasteiger partial charge in [-0.15, -0.1) is 0 Å². The molecular weight excluding hydrogens is 360 g/mol. The van der Waals surface area contributed by atoms with Gasteiger partial charge in [0.1, 0.15) is 11.5 Å². The average Bonchev–Trinajstić information content (AvgIpc) is 3.06. The van der Waals surface area contributed by atoms with Gasteiger partial charge < -0.3 is 9.47 Å². The maximum Gasteiger partial charge on any atom is 0.216 e. The van der Waals surface area contributed by atoms with E-state index >= 15 is 0 Å². The number of para-hydroxylation sites is 1. The number of hydrogen-bond donors (Lipinski definition) is 1. The van der Waals surface area contributed by atoms with Crippen LogP contribution in [0.15, 0.2) is 59.7 Å². The molecule has 1 N–H and O–H groups in total. The number of rotatable bonds is 7. The van der Waals surface area contributed by atoms with E-state index in [1.807, 2.05) is 67.6 Å². The third kappa shape index (κ3) is 4.51. The van der Waals surface area contributed by atoms with Gasteiger partial charge in [0.15, 0.2) is 5.82 Å². The number of hydrogen-bond acceptors (Lipinski definition) is 5. The van der Waals surface area contributed by atoms with Crippen molar-refractivity contribution < 1.29 is 9.47 Å². The van der Waals surface area contributed by atoms with Crippen LogP contribution >= 0.6 is 12.2 Å². The van der Waals surface area contributed by atoms with E-state index in [0.717, 1.165) is 22.6 Å². The van der Waals surface area contributed by atoms with E-state index in [0.29, 0.717) is 17.2 Å². The van der Waals surface area contributed by atoms with Crippen molar-refractivity contribution >= 4 is 24.5 Å².